The van der Waals surface area contributed by atoms with Crippen LogP contribution in [0.1, 0.15) is 0 Å². The molecule has 1 aromatic heterocycles. The number of nitrogens with zero attached hydrogens (tertiary/aromatic N) is 1. The van der Waals surface area contributed by atoms with E-state index in [0.717, 1.165) is 16.3 Å². The molecule has 0 bridgehead atoms. The maximum atomic E-state index is 13.9. The molecule has 0 radical (unpaired) electrons. The highest BCUT2D eigenvalue weighted by Gasteiger charge is 2.10. The van der Waals surface area contributed by atoms with Gasteiger partial charge in [0.15, 0.2) is 0 Å². The summed E-state index contributed by atoms with van der Waals surface area (Å²) >= 11 is 0. The Kier molecular flexibility index (Phi) is 2.33. The number of benzene rings is 2. The first kappa shape index (κ1) is 9.97. The molecule has 2 heteroatoms. The average Bonchev–Trinajstić information content (AvgIpc) is 2.39. The van der Waals surface area contributed by atoms with E-state index in [-0.39, 0.29) is 0 Å². The molecule has 0 fully saturated rings. The number of hydrogen-bond acceptors (Lipinski definition) is 1. The molecule has 0 aliphatic rings. The fraction of sp³-hybridized carbons (Fsp3) is 0. The zero-order chi connectivity index (χ0) is 11.7. The van der Waals surface area contributed by atoms with Crippen LogP contribution in [0.15, 0.2) is 60.8 Å². The van der Waals surface area contributed by atoms with Crippen molar-refractivity contribution in [3.8, 4) is 11.1 Å². The van der Waals surface area contributed by atoms with Gasteiger partial charge < -0.3 is 0 Å². The van der Waals surface area contributed by atoms with Crippen LogP contribution in [-0.4, -0.2) is 4.98 Å². The van der Waals surface area contributed by atoms with Crippen molar-refractivity contribution in [1.82, 2.24) is 4.98 Å². The molecule has 3 aromatic rings. The van der Waals surface area contributed by atoms with Gasteiger partial charge in [0, 0.05) is 17.1 Å². The SMILES string of the molecule is Fc1ncc2ccccc2c1-c1ccccc1. The zero-order valence-electron chi connectivity index (χ0n) is 9.10. The van der Waals surface area contributed by atoms with Crippen LogP contribution in [0.25, 0.3) is 21.9 Å². The predicted octanol–water partition coefficient (Wildman–Crippen LogP) is 4.04. The number of aromatic nitrogens is 1. The van der Waals surface area contributed by atoms with Gasteiger partial charge >= 0.3 is 0 Å². The molecular weight excluding hydrogens is 213 g/mol. The summed E-state index contributed by atoms with van der Waals surface area (Å²) in [6.07, 6.45) is 1.57. The molecule has 82 valence electrons. The molecule has 0 spiro atoms. The third-order valence-electron chi connectivity index (χ3n) is 2.82. The molecule has 0 amide bonds. The summed E-state index contributed by atoms with van der Waals surface area (Å²) < 4.78 is 13.9. The topological polar surface area (TPSA) is 12.9 Å². The molecule has 1 nitrogen and oxygen atoms in total. The molecule has 0 aliphatic carbocycles. The van der Waals surface area contributed by atoms with Gasteiger partial charge in [0.1, 0.15) is 0 Å². The Bertz CT molecular complexity index is 662. The lowest BCUT2D eigenvalue weighted by Crippen LogP contribution is -1.90. The minimum atomic E-state index is -0.421. The lowest BCUT2D eigenvalue weighted by atomic mass is 10.0. The maximum Gasteiger partial charge on any atom is 0.221 e. The number of halogens is 1. The lowest BCUT2D eigenvalue weighted by Gasteiger charge is -2.07. The van der Waals surface area contributed by atoms with Crippen molar-refractivity contribution in [1.29, 1.82) is 0 Å². The van der Waals surface area contributed by atoms with Gasteiger partial charge in [-0.25, -0.2) is 4.98 Å². The maximum absolute atomic E-state index is 13.9. The standard InChI is InChI=1S/C15H10FN/c16-15-14(11-6-2-1-3-7-11)13-9-5-4-8-12(13)10-17-15/h1-10H. The van der Waals surface area contributed by atoms with Gasteiger partial charge in [-0.05, 0) is 10.9 Å². The van der Waals surface area contributed by atoms with Crippen molar-refractivity contribution in [2.75, 3.05) is 0 Å². The summed E-state index contributed by atoms with van der Waals surface area (Å²) in [7, 11) is 0. The first-order chi connectivity index (χ1) is 8.36. The van der Waals surface area contributed by atoms with Crippen LogP contribution in [0.2, 0.25) is 0 Å². The fourth-order valence-electron chi connectivity index (χ4n) is 2.02. The number of hydrogen-bond donors (Lipinski definition) is 0. The number of fused-ring (bicyclic) bond motifs is 1. The van der Waals surface area contributed by atoms with E-state index in [1.54, 1.807) is 6.20 Å². The second-order valence-corrected chi connectivity index (χ2v) is 3.88. The largest absolute Gasteiger partial charge is 0.227 e. The zero-order valence-corrected chi connectivity index (χ0v) is 9.10. The monoisotopic (exact) mass is 223 g/mol. The Hall–Kier alpha value is -2.22. The van der Waals surface area contributed by atoms with Crippen molar-refractivity contribution in [3.63, 3.8) is 0 Å². The van der Waals surface area contributed by atoms with Gasteiger partial charge in [-0.2, -0.15) is 4.39 Å². The highest BCUT2D eigenvalue weighted by atomic mass is 19.1. The second-order valence-electron chi connectivity index (χ2n) is 3.88. The molecule has 0 N–H and O–H groups in total. The molecule has 17 heavy (non-hydrogen) atoms. The van der Waals surface area contributed by atoms with Crippen molar-refractivity contribution in [2.24, 2.45) is 0 Å². The van der Waals surface area contributed by atoms with Crippen molar-refractivity contribution >= 4 is 10.8 Å². The van der Waals surface area contributed by atoms with Crippen LogP contribution in [0.4, 0.5) is 4.39 Å². The molecule has 3 rings (SSSR count). The Morgan fingerprint density at radius 3 is 2.35 bits per heavy atom. The summed E-state index contributed by atoms with van der Waals surface area (Å²) in [6.45, 7) is 0. The molecule has 1 heterocycles. The van der Waals surface area contributed by atoms with Gasteiger partial charge in [-0.3, -0.25) is 0 Å². The molecule has 2 aromatic carbocycles. The van der Waals surface area contributed by atoms with E-state index in [1.807, 2.05) is 54.6 Å². The first-order valence-corrected chi connectivity index (χ1v) is 5.45. The molecule has 0 atom stereocenters. The Labute approximate surface area is 98.6 Å². The average molecular weight is 223 g/mol. The van der Waals surface area contributed by atoms with Crippen molar-refractivity contribution in [3.05, 3.63) is 66.7 Å². The quantitative estimate of drug-likeness (QED) is 0.567. The summed E-state index contributed by atoms with van der Waals surface area (Å²) in [6, 6.07) is 17.2. The summed E-state index contributed by atoms with van der Waals surface area (Å²) in [5.74, 6) is -0.421. The van der Waals surface area contributed by atoms with Gasteiger partial charge in [0.25, 0.3) is 0 Å². The van der Waals surface area contributed by atoms with Crippen molar-refractivity contribution < 1.29 is 4.39 Å². The summed E-state index contributed by atoms with van der Waals surface area (Å²) in [5, 5.41) is 1.85. The van der Waals surface area contributed by atoms with E-state index in [4.69, 9.17) is 0 Å². The molecular formula is C15H10FN. The van der Waals surface area contributed by atoms with Crippen LogP contribution < -0.4 is 0 Å². The van der Waals surface area contributed by atoms with Crippen molar-refractivity contribution in [2.45, 2.75) is 0 Å². The van der Waals surface area contributed by atoms with Crippen LogP contribution in [-0.2, 0) is 0 Å². The van der Waals surface area contributed by atoms with Crippen LogP contribution in [0, 0.1) is 5.95 Å². The van der Waals surface area contributed by atoms with Gasteiger partial charge in [-0.15, -0.1) is 0 Å². The van der Waals surface area contributed by atoms with Gasteiger partial charge in [-0.1, -0.05) is 54.6 Å². The van der Waals surface area contributed by atoms with E-state index in [9.17, 15) is 4.39 Å². The molecule has 0 aliphatic heterocycles. The lowest BCUT2D eigenvalue weighted by molar-refractivity contribution is 0.590. The van der Waals surface area contributed by atoms with E-state index < -0.39 is 5.95 Å². The molecule has 0 saturated carbocycles. The van der Waals surface area contributed by atoms with E-state index in [1.165, 1.54) is 0 Å². The Morgan fingerprint density at radius 1 is 0.824 bits per heavy atom. The Morgan fingerprint density at radius 2 is 1.53 bits per heavy atom. The Balaban J connectivity index is 2.39. The number of pyridine rings is 1. The number of rotatable bonds is 1. The van der Waals surface area contributed by atoms with Crippen LogP contribution >= 0.6 is 0 Å². The van der Waals surface area contributed by atoms with E-state index in [2.05, 4.69) is 4.98 Å². The second kappa shape index (κ2) is 3.98. The molecule has 0 saturated heterocycles. The summed E-state index contributed by atoms with van der Waals surface area (Å²) in [5.41, 5.74) is 1.43. The fourth-order valence-corrected chi connectivity index (χ4v) is 2.02. The van der Waals surface area contributed by atoms with Gasteiger partial charge in [0.2, 0.25) is 5.95 Å². The highest BCUT2D eigenvalue weighted by molar-refractivity contribution is 5.95. The third-order valence-corrected chi connectivity index (χ3v) is 2.82. The van der Waals surface area contributed by atoms with E-state index >= 15 is 0 Å². The summed E-state index contributed by atoms with van der Waals surface area (Å²) in [4.78, 5) is 3.82. The van der Waals surface area contributed by atoms with Crippen LogP contribution in [0.5, 0.6) is 0 Å². The predicted molar refractivity (Wildman–Crippen MR) is 67.1 cm³/mol. The third kappa shape index (κ3) is 1.68. The minimum absolute atomic E-state index is 0.421. The normalized spacial score (nSPS) is 10.6. The smallest absolute Gasteiger partial charge is 0.221 e. The van der Waals surface area contributed by atoms with Crippen LogP contribution in [0.3, 0.4) is 0 Å². The minimum Gasteiger partial charge on any atom is -0.227 e. The molecule has 0 unspecified atom stereocenters. The highest BCUT2D eigenvalue weighted by Crippen LogP contribution is 2.29. The van der Waals surface area contributed by atoms with E-state index in [0.29, 0.717) is 5.56 Å². The first-order valence-electron chi connectivity index (χ1n) is 5.45. The van der Waals surface area contributed by atoms with Gasteiger partial charge in [0.05, 0.1) is 0 Å².